The maximum Gasteiger partial charge on any atom is 0.416 e. The molecule has 20 heavy (non-hydrogen) atoms. The van der Waals surface area contributed by atoms with E-state index in [1.165, 1.54) is 0 Å². The lowest BCUT2D eigenvalue weighted by Crippen LogP contribution is -2.57. The van der Waals surface area contributed by atoms with Crippen LogP contribution in [-0.2, 0) is 17.5 Å². The molecular formula is C14H15F4NO. The molecule has 0 radical (unpaired) electrons. The Kier molecular flexibility index (Phi) is 3.46. The number of rotatable bonds is 3. The van der Waals surface area contributed by atoms with Gasteiger partial charge in [0, 0.05) is 18.7 Å². The minimum atomic E-state index is -4.52. The van der Waals surface area contributed by atoms with Crippen LogP contribution in [0.25, 0.3) is 0 Å². The fourth-order valence-corrected chi connectivity index (χ4v) is 3.00. The van der Waals surface area contributed by atoms with Gasteiger partial charge in [-0.2, -0.15) is 13.2 Å². The summed E-state index contributed by atoms with van der Waals surface area (Å²) >= 11 is 0. The van der Waals surface area contributed by atoms with Gasteiger partial charge in [0.1, 0.15) is 5.82 Å². The zero-order chi connectivity index (χ0) is 14.3. The maximum atomic E-state index is 13.7. The van der Waals surface area contributed by atoms with Gasteiger partial charge in [0.2, 0.25) is 0 Å². The molecule has 2 atom stereocenters. The number of benzene rings is 1. The monoisotopic (exact) mass is 289 g/mol. The van der Waals surface area contributed by atoms with Crippen LogP contribution in [0.3, 0.4) is 0 Å². The molecule has 2 fully saturated rings. The maximum absolute atomic E-state index is 13.7. The van der Waals surface area contributed by atoms with Crippen LogP contribution in [0, 0.1) is 17.7 Å². The Balaban J connectivity index is 1.63. The highest BCUT2D eigenvalue weighted by Gasteiger charge is 2.44. The summed E-state index contributed by atoms with van der Waals surface area (Å²) in [4.78, 5) is 0. The van der Waals surface area contributed by atoms with Gasteiger partial charge >= 0.3 is 6.18 Å². The first kappa shape index (κ1) is 13.8. The first-order chi connectivity index (χ1) is 9.45. The normalized spacial score (nSPS) is 29.1. The Labute approximate surface area is 114 Å². The van der Waals surface area contributed by atoms with Gasteiger partial charge in [0.25, 0.3) is 0 Å². The molecule has 1 saturated carbocycles. The van der Waals surface area contributed by atoms with Crippen LogP contribution in [0.15, 0.2) is 18.2 Å². The van der Waals surface area contributed by atoms with Crippen molar-refractivity contribution in [3.63, 3.8) is 0 Å². The van der Waals surface area contributed by atoms with E-state index in [4.69, 9.17) is 4.74 Å². The predicted molar refractivity (Wildman–Crippen MR) is 64.4 cm³/mol. The number of fused-ring (bicyclic) bond motifs is 2. The average molecular weight is 289 g/mol. The zero-order valence-corrected chi connectivity index (χ0v) is 10.7. The van der Waals surface area contributed by atoms with Crippen molar-refractivity contribution >= 4 is 0 Å². The Bertz CT molecular complexity index is 488. The van der Waals surface area contributed by atoms with E-state index in [2.05, 4.69) is 5.32 Å². The summed E-state index contributed by atoms with van der Waals surface area (Å²) in [6.45, 7) is 1.83. The lowest BCUT2D eigenvalue weighted by molar-refractivity contribution is -0.137. The lowest BCUT2D eigenvalue weighted by Gasteiger charge is -2.49. The van der Waals surface area contributed by atoms with Gasteiger partial charge in [-0.25, -0.2) is 4.39 Å². The number of alkyl halides is 3. The Morgan fingerprint density at radius 2 is 1.90 bits per heavy atom. The molecule has 1 aromatic carbocycles. The van der Waals surface area contributed by atoms with Crippen molar-refractivity contribution in [1.29, 1.82) is 0 Å². The van der Waals surface area contributed by atoms with E-state index >= 15 is 0 Å². The van der Waals surface area contributed by atoms with Crippen LogP contribution in [0.4, 0.5) is 17.6 Å². The summed E-state index contributed by atoms with van der Waals surface area (Å²) in [5.74, 6) is 0.0416. The Morgan fingerprint density at radius 1 is 1.20 bits per heavy atom. The van der Waals surface area contributed by atoms with Crippen molar-refractivity contribution in [3.05, 3.63) is 35.1 Å². The third kappa shape index (κ3) is 2.54. The summed E-state index contributed by atoms with van der Waals surface area (Å²) in [6.07, 6.45) is -3.29. The van der Waals surface area contributed by atoms with Gasteiger partial charge in [-0.1, -0.05) is 6.07 Å². The molecule has 1 aromatic rings. The predicted octanol–water partition coefficient (Wildman–Crippen LogP) is 2.97. The smallest absolute Gasteiger partial charge is 0.373 e. The largest absolute Gasteiger partial charge is 0.416 e. The fraction of sp³-hybridized carbons (Fsp3) is 0.571. The van der Waals surface area contributed by atoms with E-state index < -0.39 is 17.6 Å². The minimum Gasteiger partial charge on any atom is -0.373 e. The zero-order valence-electron chi connectivity index (χ0n) is 10.7. The topological polar surface area (TPSA) is 21.3 Å². The SMILES string of the molecule is Fc1cc(C(F)(F)F)ccc1COC1C2CNCC1C2. The molecule has 1 N–H and O–H groups in total. The van der Waals surface area contributed by atoms with Crippen LogP contribution in [0.5, 0.6) is 0 Å². The van der Waals surface area contributed by atoms with Crippen LogP contribution in [0.1, 0.15) is 17.5 Å². The van der Waals surface area contributed by atoms with Crippen LogP contribution >= 0.6 is 0 Å². The van der Waals surface area contributed by atoms with E-state index in [1.807, 2.05) is 0 Å². The number of nitrogens with one attached hydrogen (secondary N) is 1. The molecule has 1 heterocycles. The molecule has 1 saturated heterocycles. The first-order valence-corrected chi connectivity index (χ1v) is 6.63. The van der Waals surface area contributed by atoms with Crippen LogP contribution in [0.2, 0.25) is 0 Å². The van der Waals surface area contributed by atoms with Gasteiger partial charge in [-0.15, -0.1) is 0 Å². The second-order valence-corrected chi connectivity index (χ2v) is 5.49. The van der Waals surface area contributed by atoms with Gasteiger partial charge in [-0.05, 0) is 30.4 Å². The van der Waals surface area contributed by atoms with Crippen molar-refractivity contribution in [1.82, 2.24) is 5.32 Å². The molecule has 0 aromatic heterocycles. The molecule has 2 nitrogen and oxygen atoms in total. The van der Waals surface area contributed by atoms with Crippen molar-refractivity contribution in [2.75, 3.05) is 13.1 Å². The highest BCUT2D eigenvalue weighted by atomic mass is 19.4. The first-order valence-electron chi connectivity index (χ1n) is 6.63. The molecule has 0 spiro atoms. The third-order valence-corrected chi connectivity index (χ3v) is 4.16. The van der Waals surface area contributed by atoms with Crippen molar-refractivity contribution in [2.45, 2.75) is 25.3 Å². The van der Waals surface area contributed by atoms with Gasteiger partial charge in [-0.3, -0.25) is 0 Å². The molecule has 1 aliphatic carbocycles. The number of hydrogen-bond donors (Lipinski definition) is 1. The van der Waals surface area contributed by atoms with Gasteiger partial charge in [0.15, 0.2) is 0 Å². The summed E-state index contributed by atoms with van der Waals surface area (Å²) in [7, 11) is 0. The summed E-state index contributed by atoms with van der Waals surface area (Å²) < 4.78 is 56.6. The van der Waals surface area contributed by atoms with E-state index in [1.54, 1.807) is 0 Å². The fourth-order valence-electron chi connectivity index (χ4n) is 3.00. The molecule has 2 unspecified atom stereocenters. The molecule has 110 valence electrons. The number of hydrogen-bond acceptors (Lipinski definition) is 2. The number of piperidine rings is 2. The third-order valence-electron chi connectivity index (χ3n) is 4.16. The van der Waals surface area contributed by atoms with E-state index in [-0.39, 0.29) is 18.3 Å². The molecule has 2 aliphatic rings. The van der Waals surface area contributed by atoms with E-state index in [0.29, 0.717) is 17.9 Å². The van der Waals surface area contributed by atoms with Crippen LogP contribution in [-0.4, -0.2) is 19.2 Å². The number of halogens is 4. The Morgan fingerprint density at radius 3 is 2.45 bits per heavy atom. The molecule has 1 aliphatic heterocycles. The quantitative estimate of drug-likeness (QED) is 0.864. The molecule has 3 rings (SSSR count). The highest BCUT2D eigenvalue weighted by molar-refractivity contribution is 5.26. The minimum absolute atomic E-state index is 0.0294. The molecule has 0 amide bonds. The van der Waals surface area contributed by atoms with Gasteiger partial charge < -0.3 is 10.1 Å². The second-order valence-electron chi connectivity index (χ2n) is 5.49. The molecular weight excluding hydrogens is 274 g/mol. The number of ether oxygens (including phenoxy) is 1. The van der Waals surface area contributed by atoms with Crippen LogP contribution < -0.4 is 5.32 Å². The summed E-state index contributed by atoms with van der Waals surface area (Å²) in [5.41, 5.74) is -0.792. The molecule has 6 heteroatoms. The van der Waals surface area contributed by atoms with E-state index in [0.717, 1.165) is 31.6 Å². The van der Waals surface area contributed by atoms with Crippen molar-refractivity contribution in [2.24, 2.45) is 11.8 Å². The average Bonchev–Trinajstić information content (AvgIpc) is 2.40. The second kappa shape index (κ2) is 5.00. The highest BCUT2D eigenvalue weighted by Crippen LogP contribution is 2.39. The molecule has 2 bridgehead atoms. The standard InChI is InChI=1S/C14H15F4NO/c15-12-4-11(14(16,17)18)2-1-8(12)7-20-13-9-3-10(13)6-19-5-9/h1-2,4,9-10,13,19H,3,5-7H2. The lowest BCUT2D eigenvalue weighted by atomic mass is 9.69. The summed E-state index contributed by atoms with van der Waals surface area (Å²) in [5, 5.41) is 3.27. The summed E-state index contributed by atoms with van der Waals surface area (Å²) in [6, 6.07) is 2.58. The Hall–Kier alpha value is -1.14. The van der Waals surface area contributed by atoms with E-state index in [9.17, 15) is 17.6 Å². The van der Waals surface area contributed by atoms with Gasteiger partial charge in [0.05, 0.1) is 18.3 Å². The van der Waals surface area contributed by atoms with Crippen molar-refractivity contribution in [3.8, 4) is 0 Å². The van der Waals surface area contributed by atoms with Crippen molar-refractivity contribution < 1.29 is 22.3 Å².